The van der Waals surface area contributed by atoms with Crippen LogP contribution in [0.2, 0.25) is 0 Å². The van der Waals surface area contributed by atoms with Crippen LogP contribution in [-0.4, -0.2) is 16.4 Å². The summed E-state index contributed by atoms with van der Waals surface area (Å²) in [6, 6.07) is 17.5. The topological polar surface area (TPSA) is 60.1 Å². The van der Waals surface area contributed by atoms with Crippen molar-refractivity contribution in [2.75, 3.05) is 6.61 Å². The average molecular weight is 347 g/mol. The van der Waals surface area contributed by atoms with Gasteiger partial charge in [-0.25, -0.2) is 4.68 Å². The maximum Gasteiger partial charge on any atom is 0.162 e. The highest BCUT2D eigenvalue weighted by molar-refractivity contribution is 5.47. The van der Waals surface area contributed by atoms with Crippen molar-refractivity contribution in [1.82, 2.24) is 9.78 Å². The van der Waals surface area contributed by atoms with E-state index < -0.39 is 0 Å². The van der Waals surface area contributed by atoms with Crippen molar-refractivity contribution in [2.24, 2.45) is 0 Å². The third-order valence-electron chi connectivity index (χ3n) is 3.96. The van der Waals surface area contributed by atoms with Crippen LogP contribution < -0.4 is 9.47 Å². The van der Waals surface area contributed by atoms with Gasteiger partial charge < -0.3 is 9.47 Å². The van der Waals surface area contributed by atoms with Gasteiger partial charge in [-0.15, -0.1) is 0 Å². The van der Waals surface area contributed by atoms with E-state index in [1.807, 2.05) is 49.7 Å². The van der Waals surface area contributed by atoms with Crippen molar-refractivity contribution < 1.29 is 9.47 Å². The van der Waals surface area contributed by atoms with Gasteiger partial charge in [0.2, 0.25) is 0 Å². The molecule has 1 aromatic heterocycles. The lowest BCUT2D eigenvalue weighted by Gasteiger charge is -2.12. The first-order valence-electron chi connectivity index (χ1n) is 8.53. The van der Waals surface area contributed by atoms with Crippen LogP contribution in [0.3, 0.4) is 0 Å². The number of hydrogen-bond donors (Lipinski definition) is 0. The van der Waals surface area contributed by atoms with Crippen molar-refractivity contribution in [3.05, 3.63) is 71.0 Å². The highest BCUT2D eigenvalue weighted by Crippen LogP contribution is 2.29. The summed E-state index contributed by atoms with van der Waals surface area (Å²) in [5.74, 6) is 1.22. The summed E-state index contributed by atoms with van der Waals surface area (Å²) in [6.45, 7) is 6.86. The van der Waals surface area contributed by atoms with Crippen molar-refractivity contribution in [3.8, 4) is 23.3 Å². The number of aromatic nitrogens is 2. The molecular formula is C21H21N3O2. The molecule has 0 aliphatic rings. The predicted molar refractivity (Wildman–Crippen MR) is 99.7 cm³/mol. The number of aryl methyl sites for hydroxylation is 2. The van der Waals surface area contributed by atoms with Gasteiger partial charge in [-0.05, 0) is 56.7 Å². The first-order chi connectivity index (χ1) is 12.6. The fraction of sp³-hybridized carbons (Fsp3) is 0.238. The van der Waals surface area contributed by atoms with E-state index in [0.29, 0.717) is 30.3 Å². The smallest absolute Gasteiger partial charge is 0.162 e. The Balaban J connectivity index is 1.72. The monoisotopic (exact) mass is 347 g/mol. The number of rotatable bonds is 6. The minimum absolute atomic E-state index is 0.420. The maximum absolute atomic E-state index is 9.02. The molecule has 26 heavy (non-hydrogen) atoms. The molecule has 0 spiro atoms. The van der Waals surface area contributed by atoms with Crippen LogP contribution in [0.1, 0.15) is 29.4 Å². The maximum atomic E-state index is 9.02. The van der Waals surface area contributed by atoms with Gasteiger partial charge in [0.05, 0.1) is 29.6 Å². The van der Waals surface area contributed by atoms with Gasteiger partial charge in [-0.2, -0.15) is 10.4 Å². The zero-order valence-electron chi connectivity index (χ0n) is 15.2. The molecule has 132 valence electrons. The molecule has 0 aliphatic carbocycles. The highest BCUT2D eigenvalue weighted by atomic mass is 16.5. The molecule has 0 N–H and O–H groups in total. The Bertz CT molecular complexity index is 937. The van der Waals surface area contributed by atoms with E-state index in [9.17, 15) is 0 Å². The van der Waals surface area contributed by atoms with E-state index in [2.05, 4.69) is 17.2 Å². The van der Waals surface area contributed by atoms with E-state index in [1.54, 1.807) is 18.2 Å². The van der Waals surface area contributed by atoms with Gasteiger partial charge in [0.25, 0.3) is 0 Å². The number of benzene rings is 2. The number of ether oxygens (including phenoxy) is 2. The van der Waals surface area contributed by atoms with E-state index in [0.717, 1.165) is 22.6 Å². The Morgan fingerprint density at radius 2 is 1.77 bits per heavy atom. The van der Waals surface area contributed by atoms with Crippen LogP contribution in [0, 0.1) is 25.2 Å². The fourth-order valence-corrected chi connectivity index (χ4v) is 2.75. The van der Waals surface area contributed by atoms with Gasteiger partial charge in [0, 0.05) is 11.8 Å². The molecule has 0 aliphatic heterocycles. The first-order valence-corrected chi connectivity index (χ1v) is 8.53. The lowest BCUT2D eigenvalue weighted by Crippen LogP contribution is -2.02. The molecule has 0 atom stereocenters. The molecule has 3 aromatic rings. The highest BCUT2D eigenvalue weighted by Gasteiger charge is 2.08. The molecule has 1 heterocycles. The summed E-state index contributed by atoms with van der Waals surface area (Å²) in [7, 11) is 0. The Hall–Kier alpha value is -3.26. The molecule has 0 bridgehead atoms. The molecule has 5 nitrogen and oxygen atoms in total. The van der Waals surface area contributed by atoms with Crippen LogP contribution in [-0.2, 0) is 6.61 Å². The molecule has 5 heteroatoms. The summed E-state index contributed by atoms with van der Waals surface area (Å²) in [5, 5.41) is 13.5. The molecule has 0 unspecified atom stereocenters. The lowest BCUT2D eigenvalue weighted by molar-refractivity contribution is 0.269. The summed E-state index contributed by atoms with van der Waals surface area (Å²) in [5.41, 5.74) is 4.72. The van der Waals surface area contributed by atoms with Gasteiger partial charge in [-0.3, -0.25) is 0 Å². The van der Waals surface area contributed by atoms with E-state index in [4.69, 9.17) is 14.7 Å². The average Bonchev–Trinajstić information content (AvgIpc) is 2.99. The van der Waals surface area contributed by atoms with Crippen LogP contribution in [0.15, 0.2) is 48.5 Å². The second-order valence-corrected chi connectivity index (χ2v) is 6.00. The summed E-state index contributed by atoms with van der Waals surface area (Å²) in [4.78, 5) is 0. The molecule has 0 amide bonds. The first kappa shape index (κ1) is 17.6. The van der Waals surface area contributed by atoms with Gasteiger partial charge in [0.15, 0.2) is 11.5 Å². The van der Waals surface area contributed by atoms with Crippen molar-refractivity contribution in [2.45, 2.75) is 27.4 Å². The number of nitriles is 1. The van der Waals surface area contributed by atoms with E-state index in [-0.39, 0.29) is 0 Å². The molecule has 2 aromatic carbocycles. The summed E-state index contributed by atoms with van der Waals surface area (Å²) >= 11 is 0. The molecule has 0 radical (unpaired) electrons. The minimum Gasteiger partial charge on any atom is -0.490 e. The Morgan fingerprint density at radius 3 is 2.38 bits per heavy atom. The quantitative estimate of drug-likeness (QED) is 0.665. The summed E-state index contributed by atoms with van der Waals surface area (Å²) in [6.07, 6.45) is 0. The minimum atomic E-state index is 0.420. The molecule has 0 saturated carbocycles. The fourth-order valence-electron chi connectivity index (χ4n) is 2.75. The number of nitrogens with zero attached hydrogens (tertiary/aromatic N) is 3. The third kappa shape index (κ3) is 3.86. The van der Waals surface area contributed by atoms with Crippen LogP contribution >= 0.6 is 0 Å². The molecule has 0 saturated heterocycles. The Labute approximate surface area is 153 Å². The van der Waals surface area contributed by atoms with Crippen LogP contribution in [0.4, 0.5) is 0 Å². The second kappa shape index (κ2) is 7.75. The Kier molecular flexibility index (Phi) is 5.23. The Morgan fingerprint density at radius 1 is 1.00 bits per heavy atom. The lowest BCUT2D eigenvalue weighted by atomic mass is 10.2. The zero-order chi connectivity index (χ0) is 18.5. The molecular weight excluding hydrogens is 326 g/mol. The van der Waals surface area contributed by atoms with Crippen molar-refractivity contribution in [3.63, 3.8) is 0 Å². The third-order valence-corrected chi connectivity index (χ3v) is 3.96. The van der Waals surface area contributed by atoms with Crippen LogP contribution in [0.5, 0.6) is 11.5 Å². The van der Waals surface area contributed by atoms with Gasteiger partial charge in [-0.1, -0.05) is 12.1 Å². The largest absolute Gasteiger partial charge is 0.490 e. The van der Waals surface area contributed by atoms with Gasteiger partial charge in [0.1, 0.15) is 6.61 Å². The van der Waals surface area contributed by atoms with Crippen LogP contribution in [0.25, 0.3) is 5.69 Å². The zero-order valence-corrected chi connectivity index (χ0v) is 15.2. The standard InChI is InChI=1S/C21H21N3O2/c1-4-25-21-12-18(13-22)7-10-20(21)26-14-17-5-8-19(9-6-17)24-16(3)11-15(2)23-24/h5-12H,4,14H2,1-3H3. The second-order valence-electron chi connectivity index (χ2n) is 6.00. The predicted octanol–water partition coefficient (Wildman–Crippen LogP) is 4.34. The SMILES string of the molecule is CCOc1cc(C#N)ccc1OCc1ccc(-n2nc(C)cc2C)cc1. The summed E-state index contributed by atoms with van der Waals surface area (Å²) < 4.78 is 13.4. The normalized spacial score (nSPS) is 10.4. The molecule has 3 rings (SSSR count). The van der Waals surface area contributed by atoms with Gasteiger partial charge >= 0.3 is 0 Å². The van der Waals surface area contributed by atoms with E-state index >= 15 is 0 Å². The van der Waals surface area contributed by atoms with Crippen molar-refractivity contribution >= 4 is 0 Å². The molecule has 0 fully saturated rings. The van der Waals surface area contributed by atoms with E-state index in [1.165, 1.54) is 0 Å². The van der Waals surface area contributed by atoms with Crippen molar-refractivity contribution in [1.29, 1.82) is 5.26 Å². The number of hydrogen-bond acceptors (Lipinski definition) is 4.